The fourth-order valence-corrected chi connectivity index (χ4v) is 5.26. The zero-order valence-corrected chi connectivity index (χ0v) is 22.2. The Morgan fingerprint density at radius 3 is 2.37 bits per heavy atom. The van der Waals surface area contributed by atoms with Gasteiger partial charge in [0.2, 0.25) is 11.8 Å². The Morgan fingerprint density at radius 2 is 1.71 bits per heavy atom. The van der Waals surface area contributed by atoms with Gasteiger partial charge in [-0.3, -0.25) is 24.6 Å². The molecule has 38 heavy (non-hydrogen) atoms. The van der Waals surface area contributed by atoms with E-state index < -0.39 is 17.6 Å². The molecule has 200 valence electrons. The Morgan fingerprint density at radius 1 is 1.00 bits per heavy atom. The molecule has 2 fully saturated rings. The number of ether oxygens (including phenoxy) is 1. The number of piperazine rings is 1. The number of hydrogen-bond acceptors (Lipinski definition) is 7. The molecule has 2 saturated heterocycles. The Bertz CT molecular complexity index is 1260. The summed E-state index contributed by atoms with van der Waals surface area (Å²) in [7, 11) is 0. The van der Waals surface area contributed by atoms with Crippen LogP contribution in [-0.2, 0) is 27.4 Å². The molecule has 0 spiro atoms. The number of benzene rings is 2. The van der Waals surface area contributed by atoms with Gasteiger partial charge in [0.1, 0.15) is 11.6 Å². The molecule has 2 aromatic carbocycles. The molecular weight excluding hydrogens is 484 g/mol. The fraction of sp³-hybridized carbons (Fsp3) is 0.448. The Labute approximate surface area is 222 Å². The van der Waals surface area contributed by atoms with Crippen molar-refractivity contribution >= 4 is 29.4 Å². The molecule has 9 nitrogen and oxygen atoms in total. The number of carbonyl (C=O) groups excluding carboxylic acids is 4. The third kappa shape index (κ3) is 5.57. The van der Waals surface area contributed by atoms with E-state index in [1.807, 2.05) is 57.2 Å². The first-order chi connectivity index (χ1) is 18.1. The van der Waals surface area contributed by atoms with E-state index in [-0.39, 0.29) is 24.2 Å². The van der Waals surface area contributed by atoms with E-state index in [4.69, 9.17) is 4.74 Å². The molecule has 0 radical (unpaired) electrons. The van der Waals surface area contributed by atoms with Gasteiger partial charge in [-0.1, -0.05) is 12.1 Å². The summed E-state index contributed by atoms with van der Waals surface area (Å²) in [6.07, 6.45) is 0.614. The molecule has 1 N–H and O–H groups in total. The van der Waals surface area contributed by atoms with E-state index in [1.165, 1.54) is 0 Å². The molecule has 0 bridgehead atoms. The number of imide groups is 1. The average Bonchev–Trinajstić information content (AvgIpc) is 3.19. The lowest BCUT2D eigenvalue weighted by Crippen LogP contribution is -2.52. The molecule has 0 aliphatic carbocycles. The highest BCUT2D eigenvalue weighted by Crippen LogP contribution is 2.31. The number of anilines is 1. The maximum absolute atomic E-state index is 13.0. The molecule has 5 rings (SSSR count). The maximum atomic E-state index is 13.0. The van der Waals surface area contributed by atoms with Crippen LogP contribution < -0.4 is 10.2 Å². The highest BCUT2D eigenvalue weighted by molar-refractivity contribution is 6.05. The number of piperidine rings is 1. The predicted molar refractivity (Wildman–Crippen MR) is 142 cm³/mol. The monoisotopic (exact) mass is 518 g/mol. The maximum Gasteiger partial charge on any atom is 0.338 e. The van der Waals surface area contributed by atoms with Gasteiger partial charge in [0.05, 0.1) is 5.56 Å². The molecule has 0 unspecified atom stereocenters. The van der Waals surface area contributed by atoms with E-state index in [1.54, 1.807) is 4.90 Å². The highest BCUT2D eigenvalue weighted by Gasteiger charge is 2.39. The average molecular weight is 519 g/mol. The summed E-state index contributed by atoms with van der Waals surface area (Å²) >= 11 is 0. The Kier molecular flexibility index (Phi) is 6.96. The van der Waals surface area contributed by atoms with E-state index in [2.05, 4.69) is 21.2 Å². The number of amides is 3. The minimum absolute atomic E-state index is 0.149. The molecular formula is C29H34N4O5. The zero-order valence-electron chi connectivity index (χ0n) is 22.2. The number of hydrogen-bond donors (Lipinski definition) is 1. The number of rotatable bonds is 5. The van der Waals surface area contributed by atoms with Gasteiger partial charge < -0.3 is 14.5 Å². The Hall–Kier alpha value is -3.72. The second kappa shape index (κ2) is 10.2. The van der Waals surface area contributed by atoms with Crippen molar-refractivity contribution in [2.45, 2.75) is 58.3 Å². The summed E-state index contributed by atoms with van der Waals surface area (Å²) in [5.41, 5.74) is 3.81. The summed E-state index contributed by atoms with van der Waals surface area (Å²) in [5, 5.41) is 2.35. The SMILES string of the molecule is CC(C)(C)OC(=O)c1ccc(CN2CCN(c3ccc4c(c3)CN([C@H]3CCC(=O)NC3=O)C4=O)CC2)cc1. The molecule has 0 saturated carbocycles. The molecule has 3 heterocycles. The minimum atomic E-state index is -0.599. The van der Waals surface area contributed by atoms with Crippen LogP contribution in [0.15, 0.2) is 42.5 Å². The number of esters is 1. The normalized spacial score (nSPS) is 20.4. The molecule has 3 aliphatic rings. The lowest BCUT2D eigenvalue weighted by molar-refractivity contribution is -0.136. The van der Waals surface area contributed by atoms with Crippen molar-refractivity contribution < 1.29 is 23.9 Å². The van der Waals surface area contributed by atoms with E-state index in [9.17, 15) is 19.2 Å². The van der Waals surface area contributed by atoms with Crippen molar-refractivity contribution in [1.29, 1.82) is 0 Å². The van der Waals surface area contributed by atoms with Crippen molar-refractivity contribution in [3.8, 4) is 0 Å². The van der Waals surface area contributed by atoms with Crippen molar-refractivity contribution in [1.82, 2.24) is 15.1 Å². The zero-order chi connectivity index (χ0) is 27.0. The van der Waals surface area contributed by atoms with Crippen LogP contribution in [-0.4, -0.2) is 71.3 Å². The molecule has 1 atom stereocenters. The van der Waals surface area contributed by atoms with E-state index in [0.29, 0.717) is 24.1 Å². The van der Waals surface area contributed by atoms with Gasteiger partial charge in [-0.05, 0) is 68.7 Å². The van der Waals surface area contributed by atoms with E-state index >= 15 is 0 Å². The van der Waals surface area contributed by atoms with Gasteiger partial charge in [-0.2, -0.15) is 0 Å². The summed E-state index contributed by atoms with van der Waals surface area (Å²) in [5.74, 6) is -1.13. The van der Waals surface area contributed by atoms with Gasteiger partial charge in [-0.15, -0.1) is 0 Å². The first kappa shape index (κ1) is 25.9. The quantitative estimate of drug-likeness (QED) is 0.480. The second-order valence-electron chi connectivity index (χ2n) is 11.2. The first-order valence-corrected chi connectivity index (χ1v) is 13.1. The van der Waals surface area contributed by atoms with Crippen LogP contribution in [0.2, 0.25) is 0 Å². The third-order valence-corrected chi connectivity index (χ3v) is 7.24. The summed E-state index contributed by atoms with van der Waals surface area (Å²) < 4.78 is 5.44. The van der Waals surface area contributed by atoms with Gasteiger partial charge >= 0.3 is 5.97 Å². The molecule has 9 heteroatoms. The molecule has 3 amide bonds. The summed E-state index contributed by atoms with van der Waals surface area (Å²) in [6, 6.07) is 12.9. The smallest absolute Gasteiger partial charge is 0.338 e. The lowest BCUT2D eigenvalue weighted by atomic mass is 10.0. The van der Waals surface area contributed by atoms with Crippen molar-refractivity contribution in [2.24, 2.45) is 0 Å². The standard InChI is InChI=1S/C29H34N4O5/c1-29(2,3)38-28(37)20-6-4-19(5-7-20)17-31-12-14-32(15-13-31)22-8-9-23-21(16-22)18-33(27(23)36)24-10-11-25(34)30-26(24)35/h4-9,16,24H,10-15,17-18H2,1-3H3,(H,30,34,35)/t24-/m0/s1. The number of nitrogens with zero attached hydrogens (tertiary/aromatic N) is 3. The van der Waals surface area contributed by atoms with Crippen molar-refractivity contribution in [3.63, 3.8) is 0 Å². The van der Waals surface area contributed by atoms with Crippen molar-refractivity contribution in [3.05, 3.63) is 64.7 Å². The molecule has 0 aromatic heterocycles. The first-order valence-electron chi connectivity index (χ1n) is 13.1. The van der Waals surface area contributed by atoms with E-state index in [0.717, 1.165) is 49.5 Å². The fourth-order valence-electron chi connectivity index (χ4n) is 5.26. The van der Waals surface area contributed by atoms with Crippen LogP contribution in [0, 0.1) is 0 Å². The number of carbonyl (C=O) groups is 4. The molecule has 3 aliphatic heterocycles. The lowest BCUT2D eigenvalue weighted by Gasteiger charge is -2.36. The van der Waals surface area contributed by atoms with Crippen LogP contribution in [0.3, 0.4) is 0 Å². The van der Waals surface area contributed by atoms with Gasteiger partial charge in [0.15, 0.2) is 0 Å². The molecule has 2 aromatic rings. The van der Waals surface area contributed by atoms with Crippen LogP contribution in [0.4, 0.5) is 5.69 Å². The van der Waals surface area contributed by atoms with Crippen molar-refractivity contribution in [2.75, 3.05) is 31.1 Å². The predicted octanol–water partition coefficient (Wildman–Crippen LogP) is 2.73. The van der Waals surface area contributed by atoms with Crippen LogP contribution >= 0.6 is 0 Å². The number of nitrogens with one attached hydrogen (secondary N) is 1. The number of fused-ring (bicyclic) bond motifs is 1. The third-order valence-electron chi connectivity index (χ3n) is 7.24. The highest BCUT2D eigenvalue weighted by atomic mass is 16.6. The second-order valence-corrected chi connectivity index (χ2v) is 11.2. The Balaban J connectivity index is 1.16. The van der Waals surface area contributed by atoms with Crippen LogP contribution in [0.25, 0.3) is 0 Å². The van der Waals surface area contributed by atoms with Gasteiger partial charge in [0.25, 0.3) is 5.91 Å². The topological polar surface area (TPSA) is 99.3 Å². The summed E-state index contributed by atoms with van der Waals surface area (Å²) in [6.45, 7) is 10.3. The minimum Gasteiger partial charge on any atom is -0.456 e. The van der Waals surface area contributed by atoms with Gasteiger partial charge in [0, 0.05) is 56.9 Å². The summed E-state index contributed by atoms with van der Waals surface area (Å²) in [4.78, 5) is 55.3. The van der Waals surface area contributed by atoms with Gasteiger partial charge in [-0.25, -0.2) is 4.79 Å². The van der Waals surface area contributed by atoms with Crippen LogP contribution in [0.1, 0.15) is 65.5 Å². The largest absolute Gasteiger partial charge is 0.456 e. The van der Waals surface area contributed by atoms with Crippen LogP contribution in [0.5, 0.6) is 0 Å².